The summed E-state index contributed by atoms with van der Waals surface area (Å²) in [5, 5.41) is 19.0. The molecule has 0 radical (unpaired) electrons. The average molecular weight is 232 g/mol. The van der Waals surface area contributed by atoms with E-state index < -0.39 is 17.9 Å². The van der Waals surface area contributed by atoms with Gasteiger partial charge < -0.3 is 16.6 Å². The number of nitrogens with one attached hydrogen (secondary N) is 2. The molecule has 0 aromatic heterocycles. The van der Waals surface area contributed by atoms with Crippen LogP contribution in [0.15, 0.2) is 0 Å². The lowest BCUT2D eigenvalue weighted by Crippen LogP contribution is -2.31. The molecule has 1 amide bonds. The molecule has 0 aliphatic rings. The Morgan fingerprint density at radius 3 is 1.75 bits per heavy atom. The molecule has 0 saturated carbocycles. The molecule has 0 aliphatic heterocycles. The number of isocyanates is 2. The summed E-state index contributed by atoms with van der Waals surface area (Å²) in [7, 11) is 0. The van der Waals surface area contributed by atoms with Gasteiger partial charge in [0.25, 0.3) is 0 Å². The maximum atomic E-state index is 10.1. The van der Waals surface area contributed by atoms with Gasteiger partial charge in [-0.25, -0.2) is 20.4 Å². The number of nitrogens with two attached hydrogens (primary N) is 2. The summed E-state index contributed by atoms with van der Waals surface area (Å²) in [5.41, 5.74) is 9.81. The zero-order valence-corrected chi connectivity index (χ0v) is 8.23. The van der Waals surface area contributed by atoms with Crippen molar-refractivity contribution in [2.75, 3.05) is 0 Å². The summed E-state index contributed by atoms with van der Waals surface area (Å²) in [4.78, 5) is 36.8. The first-order chi connectivity index (χ1) is 7.37. The Morgan fingerprint density at radius 1 is 1.25 bits per heavy atom. The van der Waals surface area contributed by atoms with Crippen LogP contribution in [0.2, 0.25) is 0 Å². The molecular formula is C7H12N4O5. The van der Waals surface area contributed by atoms with E-state index in [9.17, 15) is 9.59 Å². The Bertz CT molecular complexity index is 267. The Hall–Kier alpha value is -2.34. The van der Waals surface area contributed by atoms with Crippen LogP contribution >= 0.6 is 0 Å². The highest BCUT2D eigenvalue weighted by molar-refractivity contribution is 5.76. The van der Waals surface area contributed by atoms with E-state index in [2.05, 4.69) is 0 Å². The SMILES string of the molecule is N=C=O.N=C=O.NC(=O)CCC(N)C(=O)O. The van der Waals surface area contributed by atoms with Crippen LogP contribution < -0.4 is 11.5 Å². The predicted molar refractivity (Wildman–Crippen MR) is 50.9 cm³/mol. The standard InChI is InChI=1S/C5H10N2O3.2CHNO/c6-3(5(9)10)1-2-4(7)8;2*2-1-3/h3H,1-2,6H2,(H2,7,8)(H,9,10);2*2H. The molecule has 0 aliphatic carbocycles. The van der Waals surface area contributed by atoms with Crippen molar-refractivity contribution in [2.24, 2.45) is 11.5 Å². The maximum Gasteiger partial charge on any atom is 0.320 e. The van der Waals surface area contributed by atoms with Gasteiger partial charge in [0, 0.05) is 6.42 Å². The molecule has 9 heteroatoms. The topological polar surface area (TPSA) is 188 Å². The van der Waals surface area contributed by atoms with Gasteiger partial charge in [-0.2, -0.15) is 0 Å². The van der Waals surface area contributed by atoms with Crippen molar-refractivity contribution in [3.8, 4) is 0 Å². The summed E-state index contributed by atoms with van der Waals surface area (Å²) in [6.07, 6.45) is 1.62. The number of hydrogen-bond acceptors (Lipinski definition) is 7. The van der Waals surface area contributed by atoms with Crippen LogP contribution in [-0.4, -0.2) is 35.2 Å². The highest BCUT2D eigenvalue weighted by Gasteiger charge is 2.11. The van der Waals surface area contributed by atoms with Crippen LogP contribution in [0.25, 0.3) is 0 Å². The van der Waals surface area contributed by atoms with Gasteiger partial charge in [-0.15, -0.1) is 0 Å². The second-order valence-corrected chi connectivity index (χ2v) is 2.15. The molecule has 90 valence electrons. The van der Waals surface area contributed by atoms with E-state index in [0.29, 0.717) is 0 Å². The predicted octanol–water partition coefficient (Wildman–Crippen LogP) is -1.53. The fourth-order valence-electron chi connectivity index (χ4n) is 0.421. The molecule has 0 bridgehead atoms. The van der Waals surface area contributed by atoms with Crippen molar-refractivity contribution in [1.82, 2.24) is 0 Å². The van der Waals surface area contributed by atoms with Gasteiger partial charge in [0.15, 0.2) is 0 Å². The molecule has 9 nitrogen and oxygen atoms in total. The van der Waals surface area contributed by atoms with E-state index >= 15 is 0 Å². The number of carboxylic acids is 1. The number of rotatable bonds is 4. The highest BCUT2D eigenvalue weighted by atomic mass is 16.4. The average Bonchev–Trinajstić information content (AvgIpc) is 2.16. The normalized spacial score (nSPS) is 8.81. The minimum Gasteiger partial charge on any atom is -0.480 e. The zero-order chi connectivity index (χ0) is 13.6. The minimum absolute atomic E-state index is 0.0213. The Kier molecular flexibility index (Phi) is 18.2. The molecular weight excluding hydrogens is 220 g/mol. The molecule has 7 N–H and O–H groups in total. The summed E-state index contributed by atoms with van der Waals surface area (Å²) in [6.45, 7) is 0. The highest BCUT2D eigenvalue weighted by Crippen LogP contribution is 1.92. The van der Waals surface area contributed by atoms with E-state index in [-0.39, 0.29) is 12.8 Å². The van der Waals surface area contributed by atoms with E-state index in [1.807, 2.05) is 0 Å². The van der Waals surface area contributed by atoms with Crippen LogP contribution in [0.4, 0.5) is 0 Å². The second kappa shape index (κ2) is 15.1. The number of amides is 1. The molecule has 0 aromatic carbocycles. The molecule has 0 aromatic rings. The monoisotopic (exact) mass is 232 g/mol. The van der Waals surface area contributed by atoms with Crippen molar-refractivity contribution in [3.63, 3.8) is 0 Å². The van der Waals surface area contributed by atoms with Crippen molar-refractivity contribution < 1.29 is 24.3 Å². The number of carboxylic acid groups (broad SMARTS) is 1. The number of primary amides is 1. The number of aliphatic carboxylic acids is 1. The van der Waals surface area contributed by atoms with Crippen LogP contribution in [0.1, 0.15) is 12.8 Å². The van der Waals surface area contributed by atoms with Crippen LogP contribution in [-0.2, 0) is 19.2 Å². The molecule has 16 heavy (non-hydrogen) atoms. The third-order valence-corrected chi connectivity index (χ3v) is 1.02. The lowest BCUT2D eigenvalue weighted by Gasteiger charge is -2.01. The lowest BCUT2D eigenvalue weighted by atomic mass is 10.2. The molecule has 1 unspecified atom stereocenters. The smallest absolute Gasteiger partial charge is 0.320 e. The van der Waals surface area contributed by atoms with Gasteiger partial charge >= 0.3 is 5.97 Å². The van der Waals surface area contributed by atoms with Crippen molar-refractivity contribution in [3.05, 3.63) is 0 Å². The summed E-state index contributed by atoms with van der Waals surface area (Å²) >= 11 is 0. The second-order valence-electron chi connectivity index (χ2n) is 2.15. The van der Waals surface area contributed by atoms with E-state index in [0.717, 1.165) is 12.2 Å². The maximum absolute atomic E-state index is 10.1. The minimum atomic E-state index is -1.11. The molecule has 0 saturated heterocycles. The first-order valence-corrected chi connectivity index (χ1v) is 3.71. The van der Waals surface area contributed by atoms with Gasteiger partial charge in [-0.05, 0) is 6.42 Å². The van der Waals surface area contributed by atoms with Gasteiger partial charge in [0.2, 0.25) is 18.1 Å². The molecule has 0 spiro atoms. The first-order valence-electron chi connectivity index (χ1n) is 3.71. The molecule has 0 rings (SSSR count). The van der Waals surface area contributed by atoms with Crippen LogP contribution in [0.5, 0.6) is 0 Å². The third-order valence-electron chi connectivity index (χ3n) is 1.02. The van der Waals surface area contributed by atoms with Gasteiger partial charge in [0.05, 0.1) is 0 Å². The largest absolute Gasteiger partial charge is 0.480 e. The Morgan fingerprint density at radius 2 is 1.56 bits per heavy atom. The van der Waals surface area contributed by atoms with E-state index in [4.69, 9.17) is 37.0 Å². The van der Waals surface area contributed by atoms with Gasteiger partial charge in [0.1, 0.15) is 6.04 Å². The van der Waals surface area contributed by atoms with Crippen LogP contribution in [0, 0.1) is 10.8 Å². The number of carbonyl (C=O) groups is 2. The van der Waals surface area contributed by atoms with Gasteiger partial charge in [-0.3, -0.25) is 9.59 Å². The van der Waals surface area contributed by atoms with E-state index in [1.165, 1.54) is 0 Å². The molecule has 0 fully saturated rings. The van der Waals surface area contributed by atoms with E-state index in [1.54, 1.807) is 0 Å². The fraction of sp³-hybridized carbons (Fsp3) is 0.429. The fourth-order valence-corrected chi connectivity index (χ4v) is 0.421. The van der Waals surface area contributed by atoms with Crippen LogP contribution in [0.3, 0.4) is 0 Å². The third kappa shape index (κ3) is 29.9. The number of carbonyl (C=O) groups excluding carboxylic acids is 3. The quantitative estimate of drug-likeness (QED) is 0.288. The summed E-state index contributed by atoms with van der Waals surface area (Å²) in [5.74, 6) is -1.64. The number of hydrogen-bond donors (Lipinski definition) is 5. The molecule has 0 heterocycles. The Balaban J connectivity index is -0.000000235. The first kappa shape index (κ1) is 19.3. The summed E-state index contributed by atoms with van der Waals surface area (Å²) < 4.78 is 0. The van der Waals surface area contributed by atoms with Crippen molar-refractivity contribution in [1.29, 1.82) is 10.8 Å². The van der Waals surface area contributed by atoms with Crippen molar-refractivity contribution >= 4 is 24.0 Å². The summed E-state index contributed by atoms with van der Waals surface area (Å²) in [6, 6.07) is -0.979. The lowest BCUT2D eigenvalue weighted by molar-refractivity contribution is -0.138. The zero-order valence-electron chi connectivity index (χ0n) is 8.23. The van der Waals surface area contributed by atoms with Gasteiger partial charge in [-0.1, -0.05) is 0 Å². The van der Waals surface area contributed by atoms with Crippen molar-refractivity contribution in [2.45, 2.75) is 18.9 Å². The molecule has 1 atom stereocenters. The Labute approximate surface area is 90.4 Å².